The number of hydrogen-bond donors (Lipinski definition) is 1. The first-order chi connectivity index (χ1) is 5.13. The molecule has 0 aromatic rings. The first-order valence-corrected chi connectivity index (χ1v) is 3.53. The molecular weight excluding hydrogens is 146 g/mol. The largest absolute Gasteiger partial charge is 0.396 e. The van der Waals surface area contributed by atoms with Crippen molar-refractivity contribution in [3.8, 4) is 0 Å². The summed E-state index contributed by atoms with van der Waals surface area (Å²) in [5, 5.41) is 8.38. The maximum Gasteiger partial charge on any atom is 0.231 e. The van der Waals surface area contributed by atoms with Crippen LogP contribution in [-0.4, -0.2) is 35.5 Å². The maximum atomic E-state index is 10.9. The van der Waals surface area contributed by atoms with Gasteiger partial charge in [0.2, 0.25) is 11.8 Å². The maximum absolute atomic E-state index is 10.9. The molecule has 0 unspecified atom stereocenters. The number of nitrogens with zero attached hydrogens (tertiary/aromatic N) is 1. The number of carbonyl (C=O) groups is 2. The van der Waals surface area contributed by atoms with Gasteiger partial charge in [0.25, 0.3) is 0 Å². The van der Waals surface area contributed by atoms with Crippen LogP contribution in [-0.2, 0) is 9.59 Å². The van der Waals surface area contributed by atoms with E-state index in [1.165, 1.54) is 7.05 Å². The lowest BCUT2D eigenvalue weighted by molar-refractivity contribution is -0.143. The molecule has 0 aliphatic carbocycles. The van der Waals surface area contributed by atoms with Gasteiger partial charge in [-0.1, -0.05) is 6.92 Å². The molecule has 11 heavy (non-hydrogen) atoms. The van der Waals surface area contributed by atoms with Gasteiger partial charge in [-0.2, -0.15) is 0 Å². The summed E-state index contributed by atoms with van der Waals surface area (Å²) in [6.45, 7) is 1.48. The van der Waals surface area contributed by atoms with E-state index in [1.54, 1.807) is 6.92 Å². The van der Waals surface area contributed by atoms with Crippen molar-refractivity contribution in [1.82, 2.24) is 4.90 Å². The van der Waals surface area contributed by atoms with E-state index in [4.69, 9.17) is 5.11 Å². The SMILES string of the molecule is CCC(=O)N(C)C(=O)CCO. The average Bonchev–Trinajstić information content (AvgIpc) is 2.02. The highest BCUT2D eigenvalue weighted by Crippen LogP contribution is 1.93. The van der Waals surface area contributed by atoms with E-state index in [0.29, 0.717) is 6.42 Å². The van der Waals surface area contributed by atoms with Gasteiger partial charge in [-0.15, -0.1) is 0 Å². The van der Waals surface area contributed by atoms with Crippen molar-refractivity contribution in [2.45, 2.75) is 19.8 Å². The van der Waals surface area contributed by atoms with Crippen molar-refractivity contribution in [2.24, 2.45) is 0 Å². The zero-order valence-electron chi connectivity index (χ0n) is 6.83. The van der Waals surface area contributed by atoms with Gasteiger partial charge in [0.15, 0.2) is 0 Å². The van der Waals surface area contributed by atoms with Crippen molar-refractivity contribution in [3.05, 3.63) is 0 Å². The first-order valence-electron chi connectivity index (χ1n) is 3.53. The number of aliphatic hydroxyl groups excluding tert-OH is 1. The highest BCUT2D eigenvalue weighted by Gasteiger charge is 2.13. The Labute approximate surface area is 65.8 Å². The summed E-state index contributed by atoms with van der Waals surface area (Å²) in [6, 6.07) is 0. The minimum atomic E-state index is -0.334. The van der Waals surface area contributed by atoms with Crippen molar-refractivity contribution in [2.75, 3.05) is 13.7 Å². The fraction of sp³-hybridized carbons (Fsp3) is 0.714. The molecule has 0 saturated carbocycles. The summed E-state index contributed by atoms with van der Waals surface area (Å²) >= 11 is 0. The number of imide groups is 1. The molecule has 0 aliphatic rings. The zero-order chi connectivity index (χ0) is 8.85. The Morgan fingerprint density at radius 3 is 2.27 bits per heavy atom. The Morgan fingerprint density at radius 2 is 1.91 bits per heavy atom. The summed E-state index contributed by atoms with van der Waals surface area (Å²) in [4.78, 5) is 22.8. The molecule has 4 nitrogen and oxygen atoms in total. The Kier molecular flexibility index (Phi) is 4.45. The molecule has 1 N–H and O–H groups in total. The van der Waals surface area contributed by atoms with Crippen LogP contribution >= 0.6 is 0 Å². The summed E-state index contributed by atoms with van der Waals surface area (Å²) in [5.74, 6) is -0.553. The van der Waals surface area contributed by atoms with Crippen molar-refractivity contribution in [1.29, 1.82) is 0 Å². The summed E-state index contributed by atoms with van der Waals surface area (Å²) in [7, 11) is 1.42. The predicted octanol–water partition coefficient (Wildman–Crippen LogP) is -0.236. The van der Waals surface area contributed by atoms with Crippen LogP contribution in [0, 0.1) is 0 Å². The van der Waals surface area contributed by atoms with Crippen LogP contribution < -0.4 is 0 Å². The zero-order valence-corrected chi connectivity index (χ0v) is 6.83. The topological polar surface area (TPSA) is 57.6 Å². The van der Waals surface area contributed by atoms with E-state index in [9.17, 15) is 9.59 Å². The van der Waals surface area contributed by atoms with Gasteiger partial charge in [0.05, 0.1) is 13.0 Å². The third-order valence-electron chi connectivity index (χ3n) is 1.38. The Balaban J connectivity index is 3.91. The van der Waals surface area contributed by atoms with Crippen LogP contribution in [0.4, 0.5) is 0 Å². The quantitative estimate of drug-likeness (QED) is 0.618. The molecule has 0 atom stereocenters. The van der Waals surface area contributed by atoms with Gasteiger partial charge in [-0.25, -0.2) is 0 Å². The third kappa shape index (κ3) is 3.13. The molecule has 0 aliphatic heterocycles. The minimum Gasteiger partial charge on any atom is -0.396 e. The molecule has 0 aromatic carbocycles. The van der Waals surface area contributed by atoms with Crippen molar-refractivity contribution < 1.29 is 14.7 Å². The molecule has 0 radical (unpaired) electrons. The van der Waals surface area contributed by atoms with Gasteiger partial charge in [-0.3, -0.25) is 14.5 Å². The van der Waals surface area contributed by atoms with E-state index < -0.39 is 0 Å². The molecule has 0 spiro atoms. The molecule has 0 saturated heterocycles. The Morgan fingerprint density at radius 1 is 1.36 bits per heavy atom. The highest BCUT2D eigenvalue weighted by atomic mass is 16.3. The van der Waals surface area contributed by atoms with Crippen LogP contribution in [0.2, 0.25) is 0 Å². The van der Waals surface area contributed by atoms with E-state index in [0.717, 1.165) is 4.90 Å². The van der Waals surface area contributed by atoms with E-state index in [1.807, 2.05) is 0 Å². The van der Waals surface area contributed by atoms with E-state index in [-0.39, 0.29) is 24.8 Å². The Hall–Kier alpha value is -0.900. The van der Waals surface area contributed by atoms with Crippen LogP contribution in [0.25, 0.3) is 0 Å². The lowest BCUT2D eigenvalue weighted by Gasteiger charge is -2.12. The highest BCUT2D eigenvalue weighted by molar-refractivity contribution is 5.94. The van der Waals surface area contributed by atoms with Crippen LogP contribution in [0.3, 0.4) is 0 Å². The number of hydrogen-bond acceptors (Lipinski definition) is 3. The summed E-state index contributed by atoms with van der Waals surface area (Å²) in [5.41, 5.74) is 0. The number of amides is 2. The fourth-order valence-corrected chi connectivity index (χ4v) is 0.640. The lowest BCUT2D eigenvalue weighted by Crippen LogP contribution is -2.32. The summed E-state index contributed by atoms with van der Waals surface area (Å²) in [6.07, 6.45) is 0.329. The van der Waals surface area contributed by atoms with Crippen LogP contribution in [0.5, 0.6) is 0 Å². The summed E-state index contributed by atoms with van der Waals surface area (Å²) < 4.78 is 0. The number of aliphatic hydroxyl groups is 1. The monoisotopic (exact) mass is 159 g/mol. The lowest BCUT2D eigenvalue weighted by atomic mass is 10.3. The molecule has 0 fully saturated rings. The van der Waals surface area contributed by atoms with Gasteiger partial charge in [0, 0.05) is 13.5 Å². The van der Waals surface area contributed by atoms with E-state index in [2.05, 4.69) is 0 Å². The second-order valence-electron chi connectivity index (χ2n) is 2.17. The normalized spacial score (nSPS) is 9.36. The fourth-order valence-electron chi connectivity index (χ4n) is 0.640. The van der Waals surface area contributed by atoms with E-state index >= 15 is 0 Å². The second-order valence-corrected chi connectivity index (χ2v) is 2.17. The molecule has 4 heteroatoms. The number of rotatable bonds is 3. The van der Waals surface area contributed by atoms with Gasteiger partial charge < -0.3 is 5.11 Å². The molecule has 0 rings (SSSR count). The molecular formula is C7H13NO3. The number of carbonyl (C=O) groups excluding carboxylic acids is 2. The Bertz CT molecular complexity index is 156. The van der Waals surface area contributed by atoms with Gasteiger partial charge in [-0.05, 0) is 0 Å². The smallest absolute Gasteiger partial charge is 0.231 e. The molecule has 64 valence electrons. The van der Waals surface area contributed by atoms with Crippen LogP contribution in [0.1, 0.15) is 19.8 Å². The second kappa shape index (κ2) is 4.85. The predicted molar refractivity (Wildman–Crippen MR) is 39.8 cm³/mol. The molecule has 2 amide bonds. The van der Waals surface area contributed by atoms with Gasteiger partial charge in [0.1, 0.15) is 0 Å². The van der Waals surface area contributed by atoms with Crippen molar-refractivity contribution >= 4 is 11.8 Å². The average molecular weight is 159 g/mol. The standard InChI is InChI=1S/C7H13NO3/c1-3-6(10)8(2)7(11)4-5-9/h9H,3-5H2,1-2H3. The van der Waals surface area contributed by atoms with Gasteiger partial charge >= 0.3 is 0 Å². The third-order valence-corrected chi connectivity index (χ3v) is 1.38. The minimum absolute atomic E-state index is 0.0161. The molecule has 0 aromatic heterocycles. The van der Waals surface area contributed by atoms with Crippen LogP contribution in [0.15, 0.2) is 0 Å². The molecule has 0 heterocycles. The van der Waals surface area contributed by atoms with Crippen molar-refractivity contribution in [3.63, 3.8) is 0 Å². The molecule has 0 bridgehead atoms. The first kappa shape index (κ1) is 10.1.